The number of hydrogen-bond donors (Lipinski definition) is 1. The molecule has 0 saturated carbocycles. The summed E-state index contributed by atoms with van der Waals surface area (Å²) in [6.45, 7) is 16.8. The highest BCUT2D eigenvalue weighted by molar-refractivity contribution is 6.76. The van der Waals surface area contributed by atoms with Crippen LogP contribution < -0.4 is 0 Å². The average molecular weight is 375 g/mol. The molecule has 148 valence electrons. The van der Waals surface area contributed by atoms with Gasteiger partial charge >= 0.3 is 5.97 Å². The standard InChI is InChI=1S/C19H38O5Si/c1-10-15(11-18(22-5)23-6)24-17(21)12-16(20)19(3,4)14(2)13-25(7,8)9/h15-16,18,20H,2,10-13H2,1,3-9H3/t15-,16+/m1/s1. The van der Waals surface area contributed by atoms with Crippen LogP contribution in [0.3, 0.4) is 0 Å². The Bertz CT molecular complexity index is 424. The molecule has 0 rings (SSSR count). The van der Waals surface area contributed by atoms with Crippen LogP contribution in [0.15, 0.2) is 12.2 Å². The second kappa shape index (κ2) is 10.5. The van der Waals surface area contributed by atoms with Gasteiger partial charge in [0.1, 0.15) is 6.10 Å². The molecule has 0 aliphatic rings. The smallest absolute Gasteiger partial charge is 0.308 e. The summed E-state index contributed by atoms with van der Waals surface area (Å²) in [6, 6.07) is 0.924. The van der Waals surface area contributed by atoms with E-state index in [-0.39, 0.29) is 12.5 Å². The predicted octanol–water partition coefficient (Wildman–Crippen LogP) is 3.99. The van der Waals surface area contributed by atoms with E-state index in [1.165, 1.54) is 0 Å². The summed E-state index contributed by atoms with van der Waals surface area (Å²) < 4.78 is 15.8. The molecular formula is C19H38O5Si. The van der Waals surface area contributed by atoms with E-state index in [1.807, 2.05) is 20.8 Å². The third-order valence-electron chi connectivity index (χ3n) is 4.58. The zero-order chi connectivity index (χ0) is 19.8. The van der Waals surface area contributed by atoms with E-state index in [1.54, 1.807) is 14.2 Å². The van der Waals surface area contributed by atoms with Crippen LogP contribution in [-0.4, -0.2) is 51.9 Å². The predicted molar refractivity (Wildman–Crippen MR) is 104 cm³/mol. The van der Waals surface area contributed by atoms with Gasteiger partial charge in [0.15, 0.2) is 6.29 Å². The highest BCUT2D eigenvalue weighted by Gasteiger charge is 2.35. The number of carbonyl (C=O) groups excluding carboxylic acids is 1. The monoisotopic (exact) mass is 374 g/mol. The zero-order valence-corrected chi connectivity index (χ0v) is 18.3. The quantitative estimate of drug-likeness (QED) is 0.242. The van der Waals surface area contributed by atoms with E-state index < -0.39 is 31.9 Å². The van der Waals surface area contributed by atoms with Gasteiger partial charge in [-0.3, -0.25) is 4.79 Å². The number of aliphatic hydroxyl groups is 1. The van der Waals surface area contributed by atoms with Crippen LogP contribution in [0.25, 0.3) is 0 Å². The highest BCUT2D eigenvalue weighted by Crippen LogP contribution is 2.36. The largest absolute Gasteiger partial charge is 0.462 e. The molecule has 5 nitrogen and oxygen atoms in total. The van der Waals surface area contributed by atoms with E-state index >= 15 is 0 Å². The Hall–Kier alpha value is -0.693. The van der Waals surface area contributed by atoms with Crippen molar-refractivity contribution in [1.29, 1.82) is 0 Å². The SMILES string of the molecule is C=C(C[Si](C)(C)C)C(C)(C)[C@@H](O)CC(=O)O[C@H](CC)CC(OC)OC. The minimum atomic E-state index is -1.33. The van der Waals surface area contributed by atoms with Crippen LogP contribution in [0, 0.1) is 5.41 Å². The first-order valence-corrected chi connectivity index (χ1v) is 12.7. The Morgan fingerprint density at radius 2 is 1.72 bits per heavy atom. The minimum Gasteiger partial charge on any atom is -0.462 e. The lowest BCUT2D eigenvalue weighted by Gasteiger charge is -2.35. The lowest BCUT2D eigenvalue weighted by atomic mass is 9.79. The number of methoxy groups -OCH3 is 2. The maximum Gasteiger partial charge on any atom is 0.308 e. The fraction of sp³-hybridized carbons (Fsp3) is 0.842. The van der Waals surface area contributed by atoms with Crippen LogP contribution in [0.1, 0.15) is 40.0 Å². The van der Waals surface area contributed by atoms with Crippen molar-refractivity contribution in [1.82, 2.24) is 0 Å². The van der Waals surface area contributed by atoms with Crippen LogP contribution in [0.4, 0.5) is 0 Å². The molecule has 1 N–H and O–H groups in total. The summed E-state index contributed by atoms with van der Waals surface area (Å²) in [5, 5.41) is 10.6. The van der Waals surface area contributed by atoms with E-state index in [0.29, 0.717) is 12.8 Å². The van der Waals surface area contributed by atoms with Crippen molar-refractivity contribution in [3.05, 3.63) is 12.2 Å². The second-order valence-electron chi connectivity index (χ2n) is 8.44. The Balaban J connectivity index is 4.73. The van der Waals surface area contributed by atoms with E-state index in [9.17, 15) is 9.90 Å². The van der Waals surface area contributed by atoms with Gasteiger partial charge < -0.3 is 19.3 Å². The lowest BCUT2D eigenvalue weighted by Crippen LogP contribution is -2.37. The molecule has 0 aromatic heterocycles. The molecule has 0 radical (unpaired) electrons. The average Bonchev–Trinajstić information content (AvgIpc) is 2.49. The Kier molecular flexibility index (Phi) is 10.2. The zero-order valence-electron chi connectivity index (χ0n) is 17.3. The number of carbonyl (C=O) groups is 1. The topological polar surface area (TPSA) is 65.0 Å². The van der Waals surface area contributed by atoms with Crippen LogP contribution in [0.2, 0.25) is 25.7 Å². The molecule has 0 amide bonds. The van der Waals surface area contributed by atoms with Crippen molar-refractivity contribution in [3.63, 3.8) is 0 Å². The molecule has 0 spiro atoms. The van der Waals surface area contributed by atoms with Crippen molar-refractivity contribution in [2.24, 2.45) is 5.41 Å². The van der Waals surface area contributed by atoms with E-state index in [2.05, 4.69) is 26.2 Å². The van der Waals surface area contributed by atoms with Gasteiger partial charge in [-0.25, -0.2) is 0 Å². The molecule has 0 heterocycles. The molecule has 0 aromatic carbocycles. The number of aliphatic hydroxyl groups excluding tert-OH is 1. The fourth-order valence-corrected chi connectivity index (χ4v) is 4.29. The number of hydrogen-bond acceptors (Lipinski definition) is 5. The van der Waals surface area contributed by atoms with E-state index in [4.69, 9.17) is 14.2 Å². The lowest BCUT2D eigenvalue weighted by molar-refractivity contribution is -0.162. The van der Waals surface area contributed by atoms with E-state index in [0.717, 1.165) is 11.6 Å². The highest BCUT2D eigenvalue weighted by atomic mass is 28.3. The molecule has 25 heavy (non-hydrogen) atoms. The molecule has 0 aliphatic heterocycles. The maximum absolute atomic E-state index is 12.3. The van der Waals surface area contributed by atoms with Crippen molar-refractivity contribution < 1.29 is 24.1 Å². The third kappa shape index (κ3) is 8.99. The first kappa shape index (κ1) is 24.3. The summed E-state index contributed by atoms with van der Waals surface area (Å²) >= 11 is 0. The Morgan fingerprint density at radius 3 is 2.12 bits per heavy atom. The normalized spacial score (nSPS) is 15.1. The van der Waals surface area contributed by atoms with Crippen molar-refractivity contribution in [2.45, 2.75) is 84.2 Å². The number of esters is 1. The van der Waals surface area contributed by atoms with Gasteiger partial charge in [0.2, 0.25) is 0 Å². The third-order valence-corrected chi connectivity index (χ3v) is 6.07. The molecule has 0 aliphatic carbocycles. The first-order valence-electron chi connectivity index (χ1n) is 8.98. The van der Waals surface area contributed by atoms with Gasteiger partial charge in [0.05, 0.1) is 12.5 Å². The van der Waals surface area contributed by atoms with Gasteiger partial charge in [-0.05, 0) is 12.5 Å². The first-order chi connectivity index (χ1) is 11.4. The van der Waals surface area contributed by atoms with Crippen LogP contribution in [0.5, 0.6) is 0 Å². The van der Waals surface area contributed by atoms with Gasteiger partial charge in [0, 0.05) is 34.1 Å². The maximum atomic E-state index is 12.3. The molecule has 6 heteroatoms. The van der Waals surface area contributed by atoms with Gasteiger partial charge in [-0.1, -0.05) is 52.6 Å². The molecule has 0 bridgehead atoms. The summed E-state index contributed by atoms with van der Waals surface area (Å²) in [6.07, 6.45) is -0.428. The van der Waals surface area contributed by atoms with Gasteiger partial charge in [0.25, 0.3) is 0 Å². The second-order valence-corrected chi connectivity index (χ2v) is 13.9. The fourth-order valence-electron chi connectivity index (χ4n) is 2.55. The van der Waals surface area contributed by atoms with Crippen molar-refractivity contribution >= 4 is 14.0 Å². The summed E-state index contributed by atoms with van der Waals surface area (Å²) in [5.41, 5.74) is 0.473. The molecule has 0 saturated heterocycles. The minimum absolute atomic E-state index is 0.0428. The van der Waals surface area contributed by atoms with Gasteiger partial charge in [-0.2, -0.15) is 0 Å². The van der Waals surface area contributed by atoms with Crippen molar-refractivity contribution in [3.8, 4) is 0 Å². The molecule has 2 atom stereocenters. The number of rotatable bonds is 12. The Labute approximate surface area is 154 Å². The summed E-state index contributed by atoms with van der Waals surface area (Å²) in [7, 11) is 1.78. The molecule has 0 fully saturated rings. The van der Waals surface area contributed by atoms with Gasteiger partial charge in [-0.15, -0.1) is 0 Å². The molecular weight excluding hydrogens is 336 g/mol. The Morgan fingerprint density at radius 1 is 1.20 bits per heavy atom. The molecule has 0 aromatic rings. The summed E-state index contributed by atoms with van der Waals surface area (Å²) in [5.74, 6) is -0.404. The van der Waals surface area contributed by atoms with Crippen molar-refractivity contribution in [2.75, 3.05) is 14.2 Å². The molecule has 0 unspecified atom stereocenters. The van der Waals surface area contributed by atoms with Crippen LogP contribution >= 0.6 is 0 Å². The number of ether oxygens (including phenoxy) is 3. The summed E-state index contributed by atoms with van der Waals surface area (Å²) in [4.78, 5) is 12.3. The van der Waals surface area contributed by atoms with Crippen LogP contribution in [-0.2, 0) is 19.0 Å².